The zero-order chi connectivity index (χ0) is 22.2. The molecule has 0 bridgehead atoms. The van der Waals surface area contributed by atoms with Crippen molar-refractivity contribution in [2.24, 2.45) is 0 Å². The standard InChI is InChI=1S/C23H27ClN6O2/c1-14-9-15(3-6-18(14)23(31)27-16-4-5-16)20-12-26-22-19(10-21(24)28-30(20)22)25-11-17-13-29(2)7-8-32-17/h3,6,9-10,12,16-17,25H,4-5,7-8,11,13H2,1-2H3,(H,27,31)/t17-/m0/s1. The van der Waals surface area contributed by atoms with Gasteiger partial charge >= 0.3 is 0 Å². The van der Waals surface area contributed by atoms with Gasteiger partial charge in [-0.3, -0.25) is 4.79 Å². The second-order valence-corrected chi connectivity index (χ2v) is 9.06. The Hall–Kier alpha value is -2.68. The number of amides is 1. The van der Waals surface area contributed by atoms with Gasteiger partial charge in [-0.25, -0.2) is 9.50 Å². The van der Waals surface area contributed by atoms with Crippen LogP contribution in [-0.4, -0.2) is 70.8 Å². The molecular weight excluding hydrogens is 428 g/mol. The number of morpholine rings is 1. The van der Waals surface area contributed by atoms with Gasteiger partial charge in [-0.15, -0.1) is 0 Å². The summed E-state index contributed by atoms with van der Waals surface area (Å²) >= 11 is 6.35. The van der Waals surface area contributed by atoms with E-state index in [1.54, 1.807) is 16.8 Å². The lowest BCUT2D eigenvalue weighted by atomic mass is 10.0. The molecule has 2 aromatic heterocycles. The van der Waals surface area contributed by atoms with E-state index < -0.39 is 0 Å². The van der Waals surface area contributed by atoms with E-state index in [2.05, 4.69) is 32.7 Å². The molecule has 1 aliphatic heterocycles. The van der Waals surface area contributed by atoms with Gasteiger partial charge in [0.25, 0.3) is 5.91 Å². The quantitative estimate of drug-likeness (QED) is 0.595. The molecule has 32 heavy (non-hydrogen) atoms. The minimum absolute atomic E-state index is 0.0158. The number of carbonyl (C=O) groups excluding carboxylic acids is 1. The van der Waals surface area contributed by atoms with Crippen molar-refractivity contribution in [1.82, 2.24) is 24.8 Å². The third-order valence-corrected chi connectivity index (χ3v) is 6.16. The van der Waals surface area contributed by atoms with E-state index in [-0.39, 0.29) is 12.0 Å². The molecule has 2 N–H and O–H groups in total. The van der Waals surface area contributed by atoms with Crippen molar-refractivity contribution in [3.63, 3.8) is 0 Å². The van der Waals surface area contributed by atoms with E-state index in [1.165, 1.54) is 0 Å². The van der Waals surface area contributed by atoms with Crippen LogP contribution in [0.4, 0.5) is 5.69 Å². The van der Waals surface area contributed by atoms with E-state index in [9.17, 15) is 4.79 Å². The Morgan fingerprint density at radius 1 is 1.31 bits per heavy atom. The average molecular weight is 455 g/mol. The van der Waals surface area contributed by atoms with Gasteiger partial charge in [0.2, 0.25) is 0 Å². The highest BCUT2D eigenvalue weighted by Gasteiger charge is 2.24. The van der Waals surface area contributed by atoms with Gasteiger partial charge < -0.3 is 20.3 Å². The largest absolute Gasteiger partial charge is 0.379 e. The molecule has 3 aromatic rings. The van der Waals surface area contributed by atoms with Crippen LogP contribution in [-0.2, 0) is 4.74 Å². The van der Waals surface area contributed by atoms with Crippen LogP contribution in [0.25, 0.3) is 16.9 Å². The van der Waals surface area contributed by atoms with Crippen molar-refractivity contribution in [3.05, 3.63) is 46.7 Å². The summed E-state index contributed by atoms with van der Waals surface area (Å²) in [6, 6.07) is 7.91. The number of carbonyl (C=O) groups is 1. The Balaban J connectivity index is 1.40. The van der Waals surface area contributed by atoms with Crippen molar-refractivity contribution >= 4 is 28.8 Å². The summed E-state index contributed by atoms with van der Waals surface area (Å²) in [6.07, 6.45) is 4.02. The molecule has 1 aromatic carbocycles. The first kappa shape index (κ1) is 21.2. The number of aromatic nitrogens is 3. The summed E-state index contributed by atoms with van der Waals surface area (Å²) in [4.78, 5) is 19.3. The van der Waals surface area contributed by atoms with Crippen molar-refractivity contribution in [2.75, 3.05) is 38.6 Å². The SMILES string of the molecule is Cc1cc(-c2cnc3c(NC[C@H]4CN(C)CCO4)cc(Cl)nn23)ccc1C(=O)NC1CC1. The summed E-state index contributed by atoms with van der Waals surface area (Å²) in [6.45, 7) is 5.17. The van der Waals surface area contributed by atoms with E-state index >= 15 is 0 Å². The Morgan fingerprint density at radius 2 is 2.16 bits per heavy atom. The number of fused-ring (bicyclic) bond motifs is 1. The lowest BCUT2D eigenvalue weighted by molar-refractivity contribution is -0.0117. The molecule has 168 valence electrons. The number of anilines is 1. The average Bonchev–Trinajstić information content (AvgIpc) is 3.47. The summed E-state index contributed by atoms with van der Waals surface area (Å²) in [5.41, 5.74) is 4.86. The first-order chi connectivity index (χ1) is 15.5. The number of halogens is 1. The predicted octanol–water partition coefficient (Wildman–Crippen LogP) is 2.99. The highest BCUT2D eigenvalue weighted by atomic mass is 35.5. The van der Waals surface area contributed by atoms with Gasteiger partial charge in [0, 0.05) is 42.9 Å². The zero-order valence-corrected chi connectivity index (χ0v) is 19.0. The third-order valence-electron chi connectivity index (χ3n) is 5.98. The topological polar surface area (TPSA) is 83.8 Å². The summed E-state index contributed by atoms with van der Waals surface area (Å²) < 4.78 is 7.59. The van der Waals surface area contributed by atoms with Gasteiger partial charge in [0.1, 0.15) is 0 Å². The number of ether oxygens (including phenoxy) is 1. The maximum atomic E-state index is 12.5. The zero-order valence-electron chi connectivity index (χ0n) is 18.3. The number of nitrogens with one attached hydrogen (secondary N) is 2. The van der Waals surface area contributed by atoms with E-state index in [0.717, 1.165) is 55.0 Å². The molecule has 9 heteroatoms. The molecule has 1 saturated heterocycles. The number of benzene rings is 1. The molecule has 3 heterocycles. The van der Waals surface area contributed by atoms with Crippen LogP contribution in [0.2, 0.25) is 5.15 Å². The molecule has 0 spiro atoms. The van der Waals surface area contributed by atoms with Gasteiger partial charge in [0.05, 0.1) is 30.3 Å². The smallest absolute Gasteiger partial charge is 0.251 e. The van der Waals surface area contributed by atoms with Crippen LogP contribution < -0.4 is 10.6 Å². The Morgan fingerprint density at radius 3 is 2.91 bits per heavy atom. The van der Waals surface area contributed by atoms with Crippen LogP contribution in [0.3, 0.4) is 0 Å². The predicted molar refractivity (Wildman–Crippen MR) is 124 cm³/mol. The van der Waals surface area contributed by atoms with E-state index in [0.29, 0.717) is 29.0 Å². The maximum absolute atomic E-state index is 12.5. The minimum Gasteiger partial charge on any atom is -0.379 e. The number of hydrogen-bond acceptors (Lipinski definition) is 6. The number of imidazole rings is 1. The second-order valence-electron chi connectivity index (χ2n) is 8.67. The second kappa shape index (κ2) is 8.69. The normalized spacial score (nSPS) is 19.3. The number of rotatable bonds is 6. The molecule has 1 saturated carbocycles. The van der Waals surface area contributed by atoms with Crippen molar-refractivity contribution in [3.8, 4) is 11.3 Å². The molecular formula is C23H27ClN6O2. The number of likely N-dealkylation sites (N-methyl/N-ethyl adjacent to an activating group) is 1. The fourth-order valence-corrected chi connectivity index (χ4v) is 4.23. The molecule has 0 unspecified atom stereocenters. The molecule has 1 atom stereocenters. The first-order valence-corrected chi connectivity index (χ1v) is 11.4. The lowest BCUT2D eigenvalue weighted by Gasteiger charge is -2.30. The van der Waals surface area contributed by atoms with Gasteiger partial charge in [0.15, 0.2) is 10.8 Å². The molecule has 2 aliphatic rings. The Labute approximate surface area is 191 Å². The van der Waals surface area contributed by atoms with Gasteiger partial charge in [-0.2, -0.15) is 5.10 Å². The summed E-state index contributed by atoms with van der Waals surface area (Å²) in [5.74, 6) is -0.0158. The monoisotopic (exact) mass is 454 g/mol. The van der Waals surface area contributed by atoms with Crippen LogP contribution in [0.5, 0.6) is 0 Å². The number of aryl methyl sites for hydroxylation is 1. The highest BCUT2D eigenvalue weighted by molar-refractivity contribution is 6.29. The van der Waals surface area contributed by atoms with Crippen molar-refractivity contribution < 1.29 is 9.53 Å². The Bertz CT molecular complexity index is 1160. The van der Waals surface area contributed by atoms with Crippen LogP contribution >= 0.6 is 11.6 Å². The molecule has 5 rings (SSSR count). The molecule has 0 radical (unpaired) electrons. The first-order valence-electron chi connectivity index (χ1n) is 11.0. The fourth-order valence-electron chi connectivity index (χ4n) is 4.05. The van der Waals surface area contributed by atoms with Gasteiger partial charge in [-0.1, -0.05) is 17.7 Å². The fraction of sp³-hybridized carbons (Fsp3) is 0.435. The lowest BCUT2D eigenvalue weighted by Crippen LogP contribution is -2.43. The third kappa shape index (κ3) is 4.44. The van der Waals surface area contributed by atoms with Crippen LogP contribution in [0.15, 0.2) is 30.5 Å². The Kier molecular flexibility index (Phi) is 5.75. The summed E-state index contributed by atoms with van der Waals surface area (Å²) in [5, 5.41) is 11.3. The molecule has 8 nitrogen and oxygen atoms in total. The number of hydrogen-bond donors (Lipinski definition) is 2. The van der Waals surface area contributed by atoms with E-state index in [1.807, 2.05) is 25.1 Å². The van der Waals surface area contributed by atoms with Crippen molar-refractivity contribution in [2.45, 2.75) is 31.9 Å². The maximum Gasteiger partial charge on any atom is 0.251 e. The van der Waals surface area contributed by atoms with Crippen molar-refractivity contribution in [1.29, 1.82) is 0 Å². The number of nitrogens with zero attached hydrogens (tertiary/aromatic N) is 4. The van der Waals surface area contributed by atoms with E-state index in [4.69, 9.17) is 16.3 Å². The van der Waals surface area contributed by atoms with Crippen LogP contribution in [0.1, 0.15) is 28.8 Å². The minimum atomic E-state index is -0.0158. The van der Waals surface area contributed by atoms with Crippen LogP contribution in [0, 0.1) is 6.92 Å². The summed E-state index contributed by atoms with van der Waals surface area (Å²) in [7, 11) is 2.10. The molecule has 2 fully saturated rings. The van der Waals surface area contributed by atoms with Gasteiger partial charge in [-0.05, 0) is 44.5 Å². The molecule has 1 aliphatic carbocycles. The molecule has 1 amide bonds. The highest BCUT2D eigenvalue weighted by Crippen LogP contribution is 2.28.